The van der Waals surface area contributed by atoms with Gasteiger partial charge in [0, 0.05) is 38.5 Å². The van der Waals surface area contributed by atoms with Crippen LogP contribution in [-0.4, -0.2) is 37.3 Å². The van der Waals surface area contributed by atoms with Gasteiger partial charge in [-0.2, -0.15) is 0 Å². The zero-order valence-corrected chi connectivity index (χ0v) is 10.8. The molecule has 0 atom stereocenters. The molecule has 1 aliphatic heterocycles. The Kier molecular flexibility index (Phi) is 3.76. The summed E-state index contributed by atoms with van der Waals surface area (Å²) in [6, 6.07) is 5.07. The standard InChI is InChI=1S/C14H21N3O/c1-6-17(7-9-18-8-1)14-10-12(4-5-15-14)11-16-13-2-3-13/h4-5,10,13,16H,1-3,6-9,11H2. The van der Waals surface area contributed by atoms with E-state index in [1.807, 2.05) is 6.20 Å². The van der Waals surface area contributed by atoms with E-state index in [-0.39, 0.29) is 0 Å². The SMILES string of the molecule is c1cc(CNC2CC2)cc(N2CCCOCC2)n1. The Morgan fingerprint density at radius 2 is 2.28 bits per heavy atom. The van der Waals surface area contributed by atoms with Crippen LogP contribution in [-0.2, 0) is 11.3 Å². The summed E-state index contributed by atoms with van der Waals surface area (Å²) in [4.78, 5) is 6.82. The molecule has 0 radical (unpaired) electrons. The number of pyridine rings is 1. The molecule has 4 heteroatoms. The molecule has 0 spiro atoms. The van der Waals surface area contributed by atoms with Gasteiger partial charge in [0.25, 0.3) is 0 Å². The van der Waals surface area contributed by atoms with Crippen LogP contribution >= 0.6 is 0 Å². The summed E-state index contributed by atoms with van der Waals surface area (Å²) < 4.78 is 5.48. The minimum absolute atomic E-state index is 0.758. The maximum Gasteiger partial charge on any atom is 0.128 e. The molecule has 98 valence electrons. The van der Waals surface area contributed by atoms with Gasteiger partial charge in [-0.25, -0.2) is 4.98 Å². The highest BCUT2D eigenvalue weighted by atomic mass is 16.5. The van der Waals surface area contributed by atoms with Crippen molar-refractivity contribution in [2.75, 3.05) is 31.2 Å². The minimum Gasteiger partial charge on any atom is -0.380 e. The highest BCUT2D eigenvalue weighted by molar-refractivity contribution is 5.41. The highest BCUT2D eigenvalue weighted by Crippen LogP contribution is 2.20. The molecule has 0 unspecified atom stereocenters. The van der Waals surface area contributed by atoms with Crippen molar-refractivity contribution in [3.05, 3.63) is 23.9 Å². The summed E-state index contributed by atoms with van der Waals surface area (Å²) in [5.41, 5.74) is 1.33. The van der Waals surface area contributed by atoms with Crippen molar-refractivity contribution in [1.29, 1.82) is 0 Å². The van der Waals surface area contributed by atoms with Gasteiger partial charge in [-0.15, -0.1) is 0 Å². The number of rotatable bonds is 4. The zero-order chi connectivity index (χ0) is 12.2. The molecule has 4 nitrogen and oxygen atoms in total. The van der Waals surface area contributed by atoms with Crippen LogP contribution in [0.25, 0.3) is 0 Å². The normalized spacial score (nSPS) is 20.8. The van der Waals surface area contributed by atoms with E-state index in [4.69, 9.17) is 4.74 Å². The number of hydrogen-bond acceptors (Lipinski definition) is 4. The molecular formula is C14H21N3O. The number of aromatic nitrogens is 1. The summed E-state index contributed by atoms with van der Waals surface area (Å²) in [7, 11) is 0. The van der Waals surface area contributed by atoms with Crippen molar-refractivity contribution in [1.82, 2.24) is 10.3 Å². The fourth-order valence-corrected chi connectivity index (χ4v) is 2.27. The van der Waals surface area contributed by atoms with Gasteiger partial charge in [0.1, 0.15) is 5.82 Å². The van der Waals surface area contributed by atoms with E-state index in [0.717, 1.165) is 51.1 Å². The summed E-state index contributed by atoms with van der Waals surface area (Å²) in [5.74, 6) is 1.09. The molecule has 2 aliphatic rings. The molecule has 0 aromatic carbocycles. The summed E-state index contributed by atoms with van der Waals surface area (Å²) >= 11 is 0. The van der Waals surface area contributed by atoms with Crippen LogP contribution in [0.1, 0.15) is 24.8 Å². The molecule has 1 aromatic rings. The third kappa shape index (κ3) is 3.21. The highest BCUT2D eigenvalue weighted by Gasteiger charge is 2.20. The first kappa shape index (κ1) is 11.9. The van der Waals surface area contributed by atoms with Crippen LogP contribution < -0.4 is 10.2 Å². The number of nitrogens with one attached hydrogen (secondary N) is 1. The second-order valence-corrected chi connectivity index (χ2v) is 5.13. The van der Waals surface area contributed by atoms with Crippen LogP contribution in [0.2, 0.25) is 0 Å². The van der Waals surface area contributed by atoms with Crippen molar-refractivity contribution < 1.29 is 4.74 Å². The maximum absolute atomic E-state index is 5.48. The monoisotopic (exact) mass is 247 g/mol. The van der Waals surface area contributed by atoms with Crippen molar-refractivity contribution in [3.8, 4) is 0 Å². The van der Waals surface area contributed by atoms with Gasteiger partial charge in [-0.3, -0.25) is 0 Å². The number of ether oxygens (including phenoxy) is 1. The van der Waals surface area contributed by atoms with Crippen molar-refractivity contribution >= 4 is 5.82 Å². The van der Waals surface area contributed by atoms with Gasteiger partial charge in [0.2, 0.25) is 0 Å². The Hall–Kier alpha value is -1.13. The van der Waals surface area contributed by atoms with E-state index in [0.29, 0.717) is 0 Å². The molecule has 18 heavy (non-hydrogen) atoms. The Morgan fingerprint density at radius 3 is 3.17 bits per heavy atom. The van der Waals surface area contributed by atoms with E-state index < -0.39 is 0 Å². The molecule has 0 bridgehead atoms. The largest absolute Gasteiger partial charge is 0.380 e. The van der Waals surface area contributed by atoms with Gasteiger partial charge in [0.15, 0.2) is 0 Å². The van der Waals surface area contributed by atoms with Crippen LogP contribution in [0.15, 0.2) is 18.3 Å². The van der Waals surface area contributed by atoms with Gasteiger partial charge in [-0.1, -0.05) is 0 Å². The lowest BCUT2D eigenvalue weighted by Gasteiger charge is -2.21. The molecule has 2 heterocycles. The molecule has 0 amide bonds. The summed E-state index contributed by atoms with van der Waals surface area (Å²) in [5, 5.41) is 3.54. The van der Waals surface area contributed by atoms with Crippen LogP contribution in [0.3, 0.4) is 0 Å². The van der Waals surface area contributed by atoms with Crippen LogP contribution in [0.4, 0.5) is 5.82 Å². The Balaban J connectivity index is 1.64. The van der Waals surface area contributed by atoms with E-state index in [1.165, 1.54) is 18.4 Å². The molecule has 1 aromatic heterocycles. The number of hydrogen-bond donors (Lipinski definition) is 1. The van der Waals surface area contributed by atoms with Gasteiger partial charge in [-0.05, 0) is 37.0 Å². The molecule has 1 saturated heterocycles. The average molecular weight is 247 g/mol. The fourth-order valence-electron chi connectivity index (χ4n) is 2.27. The van der Waals surface area contributed by atoms with Crippen molar-refractivity contribution in [2.45, 2.75) is 31.8 Å². The van der Waals surface area contributed by atoms with Crippen molar-refractivity contribution in [2.24, 2.45) is 0 Å². The molecule has 1 aliphatic carbocycles. The number of nitrogens with zero attached hydrogens (tertiary/aromatic N) is 2. The lowest BCUT2D eigenvalue weighted by atomic mass is 10.2. The lowest BCUT2D eigenvalue weighted by Crippen LogP contribution is -2.27. The molecular weight excluding hydrogens is 226 g/mol. The third-order valence-corrected chi connectivity index (χ3v) is 3.53. The first-order valence-corrected chi connectivity index (χ1v) is 6.93. The summed E-state index contributed by atoms with van der Waals surface area (Å²) in [6.07, 6.45) is 5.68. The van der Waals surface area contributed by atoms with E-state index in [1.54, 1.807) is 0 Å². The quantitative estimate of drug-likeness (QED) is 0.876. The van der Waals surface area contributed by atoms with Crippen LogP contribution in [0, 0.1) is 0 Å². The van der Waals surface area contributed by atoms with Gasteiger partial charge < -0.3 is 15.0 Å². The smallest absolute Gasteiger partial charge is 0.128 e. The van der Waals surface area contributed by atoms with Gasteiger partial charge in [0.05, 0.1) is 6.61 Å². The Bertz CT molecular complexity index is 384. The third-order valence-electron chi connectivity index (χ3n) is 3.53. The molecule has 2 fully saturated rings. The second-order valence-electron chi connectivity index (χ2n) is 5.13. The minimum atomic E-state index is 0.758. The summed E-state index contributed by atoms with van der Waals surface area (Å²) in [6.45, 7) is 4.65. The predicted octanol–water partition coefficient (Wildman–Crippen LogP) is 1.56. The topological polar surface area (TPSA) is 37.4 Å². The fraction of sp³-hybridized carbons (Fsp3) is 0.643. The average Bonchev–Trinajstić information content (AvgIpc) is 3.24. The maximum atomic E-state index is 5.48. The molecule has 1 N–H and O–H groups in total. The molecule has 1 saturated carbocycles. The van der Waals surface area contributed by atoms with E-state index in [9.17, 15) is 0 Å². The zero-order valence-electron chi connectivity index (χ0n) is 10.8. The first-order valence-electron chi connectivity index (χ1n) is 6.93. The van der Waals surface area contributed by atoms with Gasteiger partial charge >= 0.3 is 0 Å². The lowest BCUT2D eigenvalue weighted by molar-refractivity contribution is 0.152. The number of anilines is 1. The van der Waals surface area contributed by atoms with E-state index in [2.05, 4.69) is 27.3 Å². The van der Waals surface area contributed by atoms with Crippen molar-refractivity contribution in [3.63, 3.8) is 0 Å². The Labute approximate surface area is 108 Å². The van der Waals surface area contributed by atoms with Crippen LogP contribution in [0.5, 0.6) is 0 Å². The second kappa shape index (κ2) is 5.67. The van der Waals surface area contributed by atoms with E-state index >= 15 is 0 Å². The first-order chi connectivity index (χ1) is 8.92. The predicted molar refractivity (Wildman–Crippen MR) is 71.7 cm³/mol. The Morgan fingerprint density at radius 1 is 1.33 bits per heavy atom. The molecule has 3 rings (SSSR count).